The van der Waals surface area contributed by atoms with Gasteiger partial charge in [0.15, 0.2) is 0 Å². The molecule has 5 heteroatoms. The summed E-state index contributed by atoms with van der Waals surface area (Å²) < 4.78 is 27.0. The van der Waals surface area contributed by atoms with Crippen LogP contribution in [0.25, 0.3) is 0 Å². The molecular formula is C13H26N2O2S. The van der Waals surface area contributed by atoms with Crippen LogP contribution in [0, 0.1) is 11.8 Å². The highest BCUT2D eigenvalue weighted by molar-refractivity contribution is 7.89. The average Bonchev–Trinajstić information content (AvgIpc) is 2.27. The van der Waals surface area contributed by atoms with Crippen LogP contribution in [0.2, 0.25) is 0 Å². The average molecular weight is 274 g/mol. The van der Waals surface area contributed by atoms with Crippen LogP contribution in [0.4, 0.5) is 0 Å². The second kappa shape index (κ2) is 6.35. The Morgan fingerprint density at radius 1 is 1.06 bits per heavy atom. The molecule has 0 heterocycles. The van der Waals surface area contributed by atoms with E-state index in [1.54, 1.807) is 0 Å². The lowest BCUT2D eigenvalue weighted by atomic mass is 9.84. The van der Waals surface area contributed by atoms with Gasteiger partial charge in [0.2, 0.25) is 10.0 Å². The molecule has 2 aliphatic carbocycles. The zero-order chi connectivity index (χ0) is 13.0. The lowest BCUT2D eigenvalue weighted by Gasteiger charge is -2.31. The monoisotopic (exact) mass is 274 g/mol. The quantitative estimate of drug-likeness (QED) is 0.773. The Labute approximate surface area is 111 Å². The SMILES string of the molecule is NCC1CCCCC1NS(=O)(=O)CCC1CCC1. The molecule has 2 atom stereocenters. The molecule has 2 fully saturated rings. The fourth-order valence-corrected chi connectivity index (χ4v) is 4.57. The molecule has 106 valence electrons. The standard InChI is InChI=1S/C13H26N2O2S/c14-10-12-6-1-2-7-13(12)15-18(16,17)9-8-11-4-3-5-11/h11-13,15H,1-10,14H2. The second-order valence-corrected chi connectivity index (χ2v) is 7.78. The first-order chi connectivity index (χ1) is 8.61. The van der Waals surface area contributed by atoms with Crippen LogP contribution in [0.3, 0.4) is 0 Å². The topological polar surface area (TPSA) is 72.2 Å². The third-order valence-electron chi connectivity index (χ3n) is 4.56. The van der Waals surface area contributed by atoms with Gasteiger partial charge in [0.05, 0.1) is 5.75 Å². The summed E-state index contributed by atoms with van der Waals surface area (Å²) >= 11 is 0. The van der Waals surface area contributed by atoms with Gasteiger partial charge in [0.25, 0.3) is 0 Å². The molecule has 4 nitrogen and oxygen atoms in total. The first kappa shape index (κ1) is 14.3. The van der Waals surface area contributed by atoms with Crippen LogP contribution in [-0.4, -0.2) is 26.8 Å². The summed E-state index contributed by atoms with van der Waals surface area (Å²) in [5.74, 6) is 1.28. The molecule has 0 spiro atoms. The van der Waals surface area contributed by atoms with Crippen LogP contribution in [0.5, 0.6) is 0 Å². The highest BCUT2D eigenvalue weighted by Crippen LogP contribution is 2.30. The Balaban J connectivity index is 1.81. The molecule has 0 aromatic carbocycles. The van der Waals surface area contributed by atoms with Crippen molar-refractivity contribution in [2.24, 2.45) is 17.6 Å². The molecule has 0 aromatic heterocycles. The van der Waals surface area contributed by atoms with Crippen molar-refractivity contribution in [3.63, 3.8) is 0 Å². The van der Waals surface area contributed by atoms with Crippen LogP contribution in [-0.2, 0) is 10.0 Å². The van der Waals surface area contributed by atoms with Crippen LogP contribution in [0.15, 0.2) is 0 Å². The van der Waals surface area contributed by atoms with Gasteiger partial charge in [-0.2, -0.15) is 0 Å². The number of sulfonamides is 1. The minimum absolute atomic E-state index is 0.0788. The summed E-state index contributed by atoms with van der Waals surface area (Å²) in [6, 6.07) is 0.0788. The van der Waals surface area contributed by atoms with Gasteiger partial charge in [-0.3, -0.25) is 0 Å². The molecule has 0 bridgehead atoms. The van der Waals surface area contributed by atoms with E-state index in [2.05, 4.69) is 4.72 Å². The first-order valence-corrected chi connectivity index (χ1v) is 8.96. The summed E-state index contributed by atoms with van der Waals surface area (Å²) in [6.07, 6.45) is 8.84. The van der Waals surface area contributed by atoms with E-state index in [4.69, 9.17) is 5.73 Å². The number of hydrogen-bond donors (Lipinski definition) is 2. The van der Waals surface area contributed by atoms with E-state index in [0.29, 0.717) is 24.1 Å². The summed E-state index contributed by atoms with van der Waals surface area (Å²) in [7, 11) is -3.10. The number of hydrogen-bond acceptors (Lipinski definition) is 3. The van der Waals surface area contributed by atoms with Gasteiger partial charge in [-0.05, 0) is 37.6 Å². The molecule has 2 rings (SSSR count). The summed E-state index contributed by atoms with van der Waals surface area (Å²) in [4.78, 5) is 0. The molecule has 0 radical (unpaired) electrons. The van der Waals surface area contributed by atoms with Crippen molar-refractivity contribution in [2.45, 2.75) is 57.4 Å². The highest BCUT2D eigenvalue weighted by atomic mass is 32.2. The van der Waals surface area contributed by atoms with Crippen molar-refractivity contribution in [1.29, 1.82) is 0 Å². The van der Waals surface area contributed by atoms with Gasteiger partial charge in [0.1, 0.15) is 0 Å². The molecule has 3 N–H and O–H groups in total. The molecule has 2 aliphatic rings. The number of nitrogens with one attached hydrogen (secondary N) is 1. The van der Waals surface area contributed by atoms with Crippen LogP contribution in [0.1, 0.15) is 51.4 Å². The fraction of sp³-hybridized carbons (Fsp3) is 1.00. The predicted molar refractivity (Wildman–Crippen MR) is 73.7 cm³/mol. The Morgan fingerprint density at radius 3 is 2.39 bits per heavy atom. The summed E-state index contributed by atoms with van der Waals surface area (Å²) in [5.41, 5.74) is 5.73. The second-order valence-electron chi connectivity index (χ2n) is 5.91. The maximum Gasteiger partial charge on any atom is 0.211 e. The van der Waals surface area contributed by atoms with Gasteiger partial charge < -0.3 is 5.73 Å². The minimum Gasteiger partial charge on any atom is -0.330 e. The highest BCUT2D eigenvalue weighted by Gasteiger charge is 2.28. The molecular weight excluding hydrogens is 248 g/mol. The van der Waals surface area contributed by atoms with Gasteiger partial charge in [-0.15, -0.1) is 0 Å². The van der Waals surface area contributed by atoms with Crippen LogP contribution < -0.4 is 10.5 Å². The predicted octanol–water partition coefficient (Wildman–Crippen LogP) is 1.61. The third-order valence-corrected chi connectivity index (χ3v) is 6.00. The van der Waals surface area contributed by atoms with Crippen LogP contribution >= 0.6 is 0 Å². The van der Waals surface area contributed by atoms with E-state index in [9.17, 15) is 8.42 Å². The first-order valence-electron chi connectivity index (χ1n) is 7.31. The van der Waals surface area contributed by atoms with Crippen molar-refractivity contribution in [2.75, 3.05) is 12.3 Å². The number of nitrogens with two attached hydrogens (primary N) is 1. The zero-order valence-electron chi connectivity index (χ0n) is 11.1. The third kappa shape index (κ3) is 3.93. The lowest BCUT2D eigenvalue weighted by molar-refractivity contribution is 0.292. The number of rotatable bonds is 6. The van der Waals surface area contributed by atoms with Crippen molar-refractivity contribution in [1.82, 2.24) is 4.72 Å². The minimum atomic E-state index is -3.10. The molecule has 2 saturated carbocycles. The Hall–Kier alpha value is -0.130. The Bertz CT molecular complexity index is 352. The van der Waals surface area contributed by atoms with Gasteiger partial charge in [0, 0.05) is 6.04 Å². The van der Waals surface area contributed by atoms with Gasteiger partial charge >= 0.3 is 0 Å². The van der Waals surface area contributed by atoms with Crippen molar-refractivity contribution < 1.29 is 8.42 Å². The van der Waals surface area contributed by atoms with Gasteiger partial charge in [-0.1, -0.05) is 32.1 Å². The normalized spacial score (nSPS) is 30.1. The molecule has 18 heavy (non-hydrogen) atoms. The molecule has 0 saturated heterocycles. The van der Waals surface area contributed by atoms with Crippen molar-refractivity contribution >= 4 is 10.0 Å². The Kier molecular flexibility index (Phi) is 5.04. The lowest BCUT2D eigenvalue weighted by Crippen LogP contribution is -2.45. The van der Waals surface area contributed by atoms with Gasteiger partial charge in [-0.25, -0.2) is 13.1 Å². The maximum atomic E-state index is 12.1. The summed E-state index contributed by atoms with van der Waals surface area (Å²) in [6.45, 7) is 0.593. The van der Waals surface area contributed by atoms with E-state index in [1.165, 1.54) is 25.7 Å². The largest absolute Gasteiger partial charge is 0.330 e. The summed E-state index contributed by atoms with van der Waals surface area (Å²) in [5, 5.41) is 0. The molecule has 2 unspecified atom stereocenters. The Morgan fingerprint density at radius 2 is 1.78 bits per heavy atom. The van der Waals surface area contributed by atoms with E-state index in [-0.39, 0.29) is 6.04 Å². The van der Waals surface area contributed by atoms with Crippen molar-refractivity contribution in [3.8, 4) is 0 Å². The molecule has 0 amide bonds. The zero-order valence-corrected chi connectivity index (χ0v) is 11.9. The maximum absolute atomic E-state index is 12.1. The van der Waals surface area contributed by atoms with E-state index < -0.39 is 10.0 Å². The van der Waals surface area contributed by atoms with E-state index in [0.717, 1.165) is 25.7 Å². The fourth-order valence-electron chi connectivity index (χ4n) is 3.04. The van der Waals surface area contributed by atoms with E-state index >= 15 is 0 Å². The molecule has 0 aliphatic heterocycles. The molecule has 0 aromatic rings. The van der Waals surface area contributed by atoms with Crippen molar-refractivity contribution in [3.05, 3.63) is 0 Å². The smallest absolute Gasteiger partial charge is 0.211 e. The van der Waals surface area contributed by atoms with E-state index in [1.807, 2.05) is 0 Å².